The smallest absolute Gasteiger partial charge is 0.258 e. The Morgan fingerprint density at radius 2 is 1.83 bits per heavy atom. The van der Waals surface area contributed by atoms with Crippen LogP contribution in [0.3, 0.4) is 0 Å². The monoisotopic (exact) mass is 399 g/mol. The van der Waals surface area contributed by atoms with Crippen LogP contribution in [-0.2, 0) is 13.6 Å². The van der Waals surface area contributed by atoms with Gasteiger partial charge in [0, 0.05) is 18.3 Å². The predicted octanol–water partition coefficient (Wildman–Crippen LogP) is 4.46. The summed E-state index contributed by atoms with van der Waals surface area (Å²) in [4.78, 5) is 19.9. The molecule has 0 atom stereocenters. The van der Waals surface area contributed by atoms with E-state index in [1.807, 2.05) is 85.3 Å². The van der Waals surface area contributed by atoms with Crippen molar-refractivity contribution in [2.75, 3.05) is 11.7 Å². The molecule has 0 spiro atoms. The molecule has 3 aromatic carbocycles. The molecule has 0 saturated heterocycles. The molecular weight excluding hydrogens is 378 g/mol. The van der Waals surface area contributed by atoms with Crippen LogP contribution >= 0.6 is 0 Å². The van der Waals surface area contributed by atoms with Crippen LogP contribution < -0.4 is 14.4 Å². The number of carbonyl (C=O) groups excluding carboxylic acids is 1. The Morgan fingerprint density at radius 3 is 2.67 bits per heavy atom. The molecule has 6 heteroatoms. The van der Waals surface area contributed by atoms with Gasteiger partial charge in [-0.15, -0.1) is 0 Å². The van der Waals surface area contributed by atoms with E-state index < -0.39 is 0 Å². The lowest BCUT2D eigenvalue weighted by Gasteiger charge is -2.23. The van der Waals surface area contributed by atoms with Crippen LogP contribution in [0.4, 0.5) is 5.69 Å². The van der Waals surface area contributed by atoms with Crippen LogP contribution in [0.2, 0.25) is 0 Å². The second-order valence-electron chi connectivity index (χ2n) is 7.34. The summed E-state index contributed by atoms with van der Waals surface area (Å²) in [5.74, 6) is 2.27. The summed E-state index contributed by atoms with van der Waals surface area (Å²) < 4.78 is 12.9. The average Bonchev–Trinajstić information content (AvgIpc) is 3.35. The molecule has 0 fully saturated rings. The van der Waals surface area contributed by atoms with Crippen LogP contribution in [0.15, 0.2) is 66.7 Å². The minimum atomic E-state index is -0.0796. The summed E-state index contributed by atoms with van der Waals surface area (Å²) in [5, 5.41) is 0. The number of rotatable bonds is 4. The molecule has 0 radical (unpaired) electrons. The second-order valence-corrected chi connectivity index (χ2v) is 7.34. The van der Waals surface area contributed by atoms with Gasteiger partial charge < -0.3 is 18.9 Å². The highest BCUT2D eigenvalue weighted by Crippen LogP contribution is 2.33. The van der Waals surface area contributed by atoms with Crippen LogP contribution in [0.1, 0.15) is 21.7 Å². The summed E-state index contributed by atoms with van der Waals surface area (Å²) in [6.45, 7) is 2.60. The van der Waals surface area contributed by atoms with Crippen molar-refractivity contribution in [2.24, 2.45) is 7.05 Å². The van der Waals surface area contributed by atoms with Crippen molar-refractivity contribution < 1.29 is 14.3 Å². The normalized spacial score (nSPS) is 12.3. The zero-order valence-corrected chi connectivity index (χ0v) is 16.8. The molecule has 1 aliphatic heterocycles. The maximum absolute atomic E-state index is 13.6. The summed E-state index contributed by atoms with van der Waals surface area (Å²) in [6, 6.07) is 21.1. The standard InChI is InChI=1S/C24H21N3O3/c1-16-25-20-13-18(9-10-21(20)26(16)2)24(28)27(19-6-4-3-5-7-19)14-17-8-11-22-23(12-17)30-15-29-22/h3-13H,14-15H2,1-2H3. The van der Waals surface area contributed by atoms with E-state index in [4.69, 9.17) is 9.47 Å². The van der Waals surface area contributed by atoms with Gasteiger partial charge in [-0.05, 0) is 55.0 Å². The molecule has 0 unspecified atom stereocenters. The quantitative estimate of drug-likeness (QED) is 0.509. The third-order valence-electron chi connectivity index (χ3n) is 5.44. The number of imidazole rings is 1. The Morgan fingerprint density at radius 1 is 1.03 bits per heavy atom. The molecule has 2 heterocycles. The highest BCUT2D eigenvalue weighted by Gasteiger charge is 2.21. The van der Waals surface area contributed by atoms with Gasteiger partial charge in [-0.1, -0.05) is 24.3 Å². The molecule has 0 aliphatic carbocycles. The van der Waals surface area contributed by atoms with E-state index >= 15 is 0 Å². The number of aromatic nitrogens is 2. The molecule has 1 aliphatic rings. The summed E-state index contributed by atoms with van der Waals surface area (Å²) >= 11 is 0. The number of hydrogen-bond acceptors (Lipinski definition) is 4. The predicted molar refractivity (Wildman–Crippen MR) is 115 cm³/mol. The molecule has 5 rings (SSSR count). The number of nitrogens with zero attached hydrogens (tertiary/aromatic N) is 3. The first-order chi connectivity index (χ1) is 14.6. The molecule has 1 aromatic heterocycles. The lowest BCUT2D eigenvalue weighted by atomic mass is 10.1. The summed E-state index contributed by atoms with van der Waals surface area (Å²) in [7, 11) is 1.97. The van der Waals surface area contributed by atoms with E-state index in [1.165, 1.54) is 0 Å². The fraction of sp³-hybridized carbons (Fsp3) is 0.167. The van der Waals surface area contributed by atoms with Crippen LogP contribution in [0, 0.1) is 6.92 Å². The van der Waals surface area contributed by atoms with E-state index in [9.17, 15) is 4.79 Å². The Balaban J connectivity index is 1.52. The van der Waals surface area contributed by atoms with Gasteiger partial charge in [-0.25, -0.2) is 4.98 Å². The van der Waals surface area contributed by atoms with Crippen LogP contribution in [0.25, 0.3) is 11.0 Å². The van der Waals surface area contributed by atoms with E-state index in [0.29, 0.717) is 17.9 Å². The van der Waals surface area contributed by atoms with Gasteiger partial charge in [-0.3, -0.25) is 4.79 Å². The number of carbonyl (C=O) groups is 1. The van der Waals surface area contributed by atoms with Crippen molar-refractivity contribution in [3.8, 4) is 11.5 Å². The minimum absolute atomic E-state index is 0.0796. The Hall–Kier alpha value is -3.80. The lowest BCUT2D eigenvalue weighted by Crippen LogP contribution is -2.30. The van der Waals surface area contributed by atoms with Crippen molar-refractivity contribution in [3.63, 3.8) is 0 Å². The van der Waals surface area contributed by atoms with Gasteiger partial charge in [0.05, 0.1) is 17.6 Å². The fourth-order valence-corrected chi connectivity index (χ4v) is 3.72. The fourth-order valence-electron chi connectivity index (χ4n) is 3.72. The zero-order valence-electron chi connectivity index (χ0n) is 16.8. The van der Waals surface area contributed by atoms with Crippen LogP contribution in [-0.4, -0.2) is 22.3 Å². The maximum atomic E-state index is 13.6. The topological polar surface area (TPSA) is 56.6 Å². The lowest BCUT2D eigenvalue weighted by molar-refractivity contribution is 0.0985. The molecule has 1 amide bonds. The SMILES string of the molecule is Cc1nc2cc(C(=O)N(Cc3ccc4c(c3)OCO4)c3ccccc3)ccc2n1C. The molecule has 150 valence electrons. The van der Waals surface area contributed by atoms with E-state index in [0.717, 1.165) is 33.9 Å². The third-order valence-corrected chi connectivity index (χ3v) is 5.44. The number of para-hydroxylation sites is 1. The molecule has 0 bridgehead atoms. The van der Waals surface area contributed by atoms with Gasteiger partial charge in [-0.2, -0.15) is 0 Å². The van der Waals surface area contributed by atoms with Crippen molar-refractivity contribution in [3.05, 3.63) is 83.7 Å². The highest BCUT2D eigenvalue weighted by atomic mass is 16.7. The van der Waals surface area contributed by atoms with Crippen molar-refractivity contribution in [2.45, 2.75) is 13.5 Å². The van der Waals surface area contributed by atoms with E-state index in [-0.39, 0.29) is 12.7 Å². The number of aryl methyl sites for hydroxylation is 2. The van der Waals surface area contributed by atoms with Crippen LogP contribution in [0.5, 0.6) is 11.5 Å². The molecular formula is C24H21N3O3. The summed E-state index contributed by atoms with van der Waals surface area (Å²) in [5.41, 5.74) is 4.22. The number of anilines is 1. The van der Waals surface area contributed by atoms with E-state index in [1.54, 1.807) is 4.90 Å². The average molecular weight is 399 g/mol. The molecule has 6 nitrogen and oxygen atoms in total. The first kappa shape index (κ1) is 18.2. The highest BCUT2D eigenvalue weighted by molar-refractivity contribution is 6.07. The minimum Gasteiger partial charge on any atom is -0.454 e. The number of fused-ring (bicyclic) bond motifs is 2. The molecule has 0 saturated carbocycles. The number of benzene rings is 3. The van der Waals surface area contributed by atoms with Gasteiger partial charge in [0.25, 0.3) is 5.91 Å². The van der Waals surface area contributed by atoms with Gasteiger partial charge in [0.2, 0.25) is 6.79 Å². The third kappa shape index (κ3) is 3.16. The Bertz CT molecular complexity index is 1250. The molecule has 0 N–H and O–H groups in total. The van der Waals surface area contributed by atoms with Crippen molar-refractivity contribution in [1.82, 2.24) is 9.55 Å². The first-order valence-electron chi connectivity index (χ1n) is 9.79. The van der Waals surface area contributed by atoms with Gasteiger partial charge >= 0.3 is 0 Å². The number of hydrogen-bond donors (Lipinski definition) is 0. The number of ether oxygens (including phenoxy) is 2. The van der Waals surface area contributed by atoms with Gasteiger partial charge in [0.15, 0.2) is 11.5 Å². The second kappa shape index (κ2) is 7.22. The zero-order chi connectivity index (χ0) is 20.7. The Kier molecular flexibility index (Phi) is 4.39. The van der Waals surface area contributed by atoms with Crippen molar-refractivity contribution in [1.29, 1.82) is 0 Å². The van der Waals surface area contributed by atoms with E-state index in [2.05, 4.69) is 4.98 Å². The maximum Gasteiger partial charge on any atom is 0.258 e. The largest absolute Gasteiger partial charge is 0.454 e. The first-order valence-corrected chi connectivity index (χ1v) is 9.79. The summed E-state index contributed by atoms with van der Waals surface area (Å²) in [6.07, 6.45) is 0. The molecule has 4 aromatic rings. The number of amides is 1. The van der Waals surface area contributed by atoms with Gasteiger partial charge in [0.1, 0.15) is 5.82 Å². The Labute approximate surface area is 174 Å². The molecule has 30 heavy (non-hydrogen) atoms. The van der Waals surface area contributed by atoms with Crippen molar-refractivity contribution >= 4 is 22.6 Å².